The van der Waals surface area contributed by atoms with Crippen LogP contribution in [0.25, 0.3) is 0 Å². The van der Waals surface area contributed by atoms with Gasteiger partial charge in [-0.15, -0.1) is 6.58 Å². The summed E-state index contributed by atoms with van der Waals surface area (Å²) in [6.07, 6.45) is 1.35. The summed E-state index contributed by atoms with van der Waals surface area (Å²) in [6, 6.07) is 9.05. The summed E-state index contributed by atoms with van der Waals surface area (Å²) in [4.78, 5) is 19.8. The standard InChI is InChI=1S/C17H17N3O7S/c1-3-10-18(12-13-4-7-15(27-2)8-5-13)28(25,26)17-9-6-14(19(21)22)11-16(17)20(23)24/h3-9,11H,1,10,12H2,2H3. The first-order valence-electron chi connectivity index (χ1n) is 7.87. The van der Waals surface area contributed by atoms with Crippen LogP contribution in [0.15, 0.2) is 60.0 Å². The molecule has 0 radical (unpaired) electrons. The van der Waals surface area contributed by atoms with Gasteiger partial charge in [0, 0.05) is 19.2 Å². The summed E-state index contributed by atoms with van der Waals surface area (Å²) in [7, 11) is -2.83. The Morgan fingerprint density at radius 3 is 2.25 bits per heavy atom. The molecular weight excluding hydrogens is 390 g/mol. The molecule has 0 aromatic heterocycles. The first-order chi connectivity index (χ1) is 13.2. The SMILES string of the molecule is C=CCN(Cc1ccc(OC)cc1)S(=O)(=O)c1ccc([N+](=O)[O-])cc1[N+](=O)[O-]. The van der Waals surface area contributed by atoms with Gasteiger partial charge in [0.1, 0.15) is 5.75 Å². The van der Waals surface area contributed by atoms with Crippen LogP contribution < -0.4 is 4.74 Å². The lowest BCUT2D eigenvalue weighted by atomic mass is 10.2. The van der Waals surface area contributed by atoms with Crippen LogP contribution in [-0.4, -0.2) is 36.2 Å². The van der Waals surface area contributed by atoms with E-state index in [0.29, 0.717) is 17.4 Å². The van der Waals surface area contributed by atoms with Gasteiger partial charge in [0.2, 0.25) is 0 Å². The molecule has 2 aromatic carbocycles. The number of non-ortho nitro benzene ring substituents is 1. The molecule has 10 nitrogen and oxygen atoms in total. The van der Waals surface area contributed by atoms with Crippen molar-refractivity contribution in [3.63, 3.8) is 0 Å². The maximum absolute atomic E-state index is 13.0. The van der Waals surface area contributed by atoms with Crippen molar-refractivity contribution in [2.24, 2.45) is 0 Å². The lowest BCUT2D eigenvalue weighted by molar-refractivity contribution is -0.396. The number of nitro groups is 2. The molecule has 0 aliphatic rings. The molecule has 0 unspecified atom stereocenters. The van der Waals surface area contributed by atoms with Gasteiger partial charge >= 0.3 is 0 Å². The Labute approximate surface area is 161 Å². The molecule has 148 valence electrons. The van der Waals surface area contributed by atoms with Crippen LogP contribution in [0.5, 0.6) is 5.75 Å². The maximum Gasteiger partial charge on any atom is 0.296 e. The minimum Gasteiger partial charge on any atom is -0.497 e. The van der Waals surface area contributed by atoms with Gasteiger partial charge in [0.15, 0.2) is 4.90 Å². The van der Waals surface area contributed by atoms with E-state index in [-0.39, 0.29) is 13.1 Å². The third-order valence-electron chi connectivity index (χ3n) is 3.82. The summed E-state index contributed by atoms with van der Waals surface area (Å²) in [5, 5.41) is 22.2. The Balaban J connectivity index is 2.49. The van der Waals surface area contributed by atoms with Crippen LogP contribution in [0.4, 0.5) is 11.4 Å². The zero-order valence-corrected chi connectivity index (χ0v) is 15.7. The van der Waals surface area contributed by atoms with Crippen molar-refractivity contribution in [2.75, 3.05) is 13.7 Å². The number of hydrogen-bond donors (Lipinski definition) is 0. The quantitative estimate of drug-likeness (QED) is 0.354. The third kappa shape index (κ3) is 4.50. The first-order valence-corrected chi connectivity index (χ1v) is 9.31. The highest BCUT2D eigenvalue weighted by Crippen LogP contribution is 2.31. The van der Waals surface area contributed by atoms with E-state index in [0.717, 1.165) is 16.4 Å². The van der Waals surface area contributed by atoms with E-state index in [1.807, 2.05) is 0 Å². The Morgan fingerprint density at radius 2 is 1.75 bits per heavy atom. The van der Waals surface area contributed by atoms with Crippen LogP contribution in [0.2, 0.25) is 0 Å². The van der Waals surface area contributed by atoms with E-state index in [2.05, 4.69) is 6.58 Å². The Bertz CT molecular complexity index is 1000. The van der Waals surface area contributed by atoms with E-state index in [1.165, 1.54) is 13.2 Å². The predicted molar refractivity (Wildman–Crippen MR) is 101 cm³/mol. The average Bonchev–Trinajstić information content (AvgIpc) is 2.67. The van der Waals surface area contributed by atoms with Gasteiger partial charge in [-0.1, -0.05) is 18.2 Å². The molecular formula is C17H17N3O7S. The molecule has 0 fully saturated rings. The smallest absolute Gasteiger partial charge is 0.296 e. The molecule has 0 aliphatic carbocycles. The lowest BCUT2D eigenvalue weighted by Crippen LogP contribution is -2.31. The zero-order chi connectivity index (χ0) is 20.9. The molecule has 0 atom stereocenters. The maximum atomic E-state index is 13.0. The number of sulfonamides is 1. The minimum atomic E-state index is -4.33. The topological polar surface area (TPSA) is 133 Å². The van der Waals surface area contributed by atoms with Crippen molar-refractivity contribution in [2.45, 2.75) is 11.4 Å². The molecule has 0 aliphatic heterocycles. The molecule has 2 rings (SSSR count). The molecule has 0 saturated carbocycles. The number of hydrogen-bond acceptors (Lipinski definition) is 7. The fourth-order valence-electron chi connectivity index (χ4n) is 2.45. The number of rotatable bonds is 9. The monoisotopic (exact) mass is 407 g/mol. The van der Waals surface area contributed by atoms with Gasteiger partial charge in [0.25, 0.3) is 21.4 Å². The number of benzene rings is 2. The van der Waals surface area contributed by atoms with Crippen LogP contribution in [0, 0.1) is 20.2 Å². The van der Waals surface area contributed by atoms with Crippen LogP contribution in [-0.2, 0) is 16.6 Å². The molecule has 0 heterocycles. The second-order valence-corrected chi connectivity index (χ2v) is 7.51. The molecule has 2 aromatic rings. The Kier molecular flexibility index (Phi) is 6.44. The highest BCUT2D eigenvalue weighted by atomic mass is 32.2. The van der Waals surface area contributed by atoms with E-state index in [4.69, 9.17) is 4.74 Å². The second kappa shape index (κ2) is 8.59. The Hall–Kier alpha value is -3.31. The van der Waals surface area contributed by atoms with Crippen molar-refractivity contribution in [1.29, 1.82) is 0 Å². The van der Waals surface area contributed by atoms with Gasteiger partial charge in [-0.05, 0) is 23.8 Å². The first kappa shape index (κ1) is 21.0. The molecule has 0 N–H and O–H groups in total. The minimum absolute atomic E-state index is 0.0769. The molecule has 28 heavy (non-hydrogen) atoms. The van der Waals surface area contributed by atoms with E-state index >= 15 is 0 Å². The molecule has 0 bridgehead atoms. The van der Waals surface area contributed by atoms with E-state index in [1.54, 1.807) is 24.3 Å². The fraction of sp³-hybridized carbons (Fsp3) is 0.176. The highest BCUT2D eigenvalue weighted by Gasteiger charge is 2.33. The summed E-state index contributed by atoms with van der Waals surface area (Å²) in [5.74, 6) is 0.591. The van der Waals surface area contributed by atoms with Crippen LogP contribution in [0.3, 0.4) is 0 Å². The summed E-state index contributed by atoms with van der Waals surface area (Å²) in [6.45, 7) is 3.34. The summed E-state index contributed by atoms with van der Waals surface area (Å²) in [5.41, 5.74) is -0.815. The van der Waals surface area contributed by atoms with Gasteiger partial charge in [-0.3, -0.25) is 20.2 Å². The number of nitro benzene ring substituents is 2. The Morgan fingerprint density at radius 1 is 1.11 bits per heavy atom. The number of nitrogens with zero attached hydrogens (tertiary/aromatic N) is 3. The summed E-state index contributed by atoms with van der Waals surface area (Å²) < 4.78 is 32.1. The third-order valence-corrected chi connectivity index (χ3v) is 5.68. The van der Waals surface area contributed by atoms with Gasteiger partial charge in [-0.2, -0.15) is 4.31 Å². The predicted octanol–water partition coefficient (Wildman–Crippen LogP) is 2.89. The average molecular weight is 407 g/mol. The van der Waals surface area contributed by atoms with Crippen molar-refractivity contribution >= 4 is 21.4 Å². The van der Waals surface area contributed by atoms with Crippen molar-refractivity contribution in [1.82, 2.24) is 4.31 Å². The van der Waals surface area contributed by atoms with Crippen LogP contribution >= 0.6 is 0 Å². The van der Waals surface area contributed by atoms with Crippen LogP contribution in [0.1, 0.15) is 5.56 Å². The lowest BCUT2D eigenvalue weighted by Gasteiger charge is -2.21. The molecule has 0 amide bonds. The number of methoxy groups -OCH3 is 1. The highest BCUT2D eigenvalue weighted by molar-refractivity contribution is 7.89. The normalized spacial score (nSPS) is 11.2. The largest absolute Gasteiger partial charge is 0.497 e. The van der Waals surface area contributed by atoms with E-state index in [9.17, 15) is 28.6 Å². The number of ether oxygens (including phenoxy) is 1. The molecule has 0 spiro atoms. The molecule has 11 heteroatoms. The van der Waals surface area contributed by atoms with Gasteiger partial charge < -0.3 is 4.74 Å². The van der Waals surface area contributed by atoms with Crippen molar-refractivity contribution < 1.29 is 23.0 Å². The van der Waals surface area contributed by atoms with Gasteiger partial charge in [-0.25, -0.2) is 8.42 Å². The molecule has 0 saturated heterocycles. The van der Waals surface area contributed by atoms with Crippen molar-refractivity contribution in [3.8, 4) is 5.75 Å². The van der Waals surface area contributed by atoms with E-state index < -0.39 is 36.1 Å². The summed E-state index contributed by atoms with van der Waals surface area (Å²) >= 11 is 0. The second-order valence-electron chi connectivity index (χ2n) is 5.60. The zero-order valence-electron chi connectivity index (χ0n) is 14.8. The van der Waals surface area contributed by atoms with Gasteiger partial charge in [0.05, 0.1) is 23.0 Å². The van der Waals surface area contributed by atoms with Crippen molar-refractivity contribution in [3.05, 3.63) is 80.9 Å². The fourth-order valence-corrected chi connectivity index (χ4v) is 3.98.